The van der Waals surface area contributed by atoms with Crippen LogP contribution in [0.25, 0.3) is 28.1 Å². The molecule has 0 saturated carbocycles. The molecule has 0 aliphatic rings. The molecule has 0 amide bonds. The van der Waals surface area contributed by atoms with Crippen LogP contribution < -0.4 is 5.56 Å². The van der Waals surface area contributed by atoms with Crippen LogP contribution in [0.4, 0.5) is 0 Å². The highest BCUT2D eigenvalue weighted by molar-refractivity contribution is 7.17. The summed E-state index contributed by atoms with van der Waals surface area (Å²) >= 11 is 13.6. The number of aromatic nitrogens is 1. The van der Waals surface area contributed by atoms with Gasteiger partial charge in [0.25, 0.3) is 5.56 Å². The first-order chi connectivity index (χ1) is 13.9. The zero-order chi connectivity index (χ0) is 20.5. The third-order valence-corrected chi connectivity index (χ3v) is 6.00. The number of benzene rings is 2. The van der Waals surface area contributed by atoms with E-state index < -0.39 is 5.56 Å². The largest absolute Gasteiger partial charge is 0.321 e. The molecule has 144 valence electrons. The number of aromatic amines is 1. The van der Waals surface area contributed by atoms with E-state index >= 15 is 0 Å². The van der Waals surface area contributed by atoms with Gasteiger partial charge in [0.05, 0.1) is 15.4 Å². The summed E-state index contributed by atoms with van der Waals surface area (Å²) in [7, 11) is 0. The van der Waals surface area contributed by atoms with Gasteiger partial charge < -0.3 is 4.98 Å². The summed E-state index contributed by atoms with van der Waals surface area (Å²) in [5.74, 6) is -0.380. The molecular weight excluding hydrogens is 425 g/mol. The zero-order valence-electron chi connectivity index (χ0n) is 15.3. The van der Waals surface area contributed by atoms with E-state index in [0.717, 1.165) is 21.4 Å². The van der Waals surface area contributed by atoms with Gasteiger partial charge >= 0.3 is 0 Å². The number of carbonyl (C=O) groups excluding carboxylic acids is 1. The standard InChI is InChI=1S/C23H15Cl2NO2S/c1-13-11-15(24)12-17-20(14-5-3-2-4-6-14)21(23(28)26-22(13)17)18(27)9-7-16-8-10-19(25)29-16/h2-12H,1H3,(H,26,28)/b9-7+. The molecule has 0 aliphatic carbocycles. The van der Waals surface area contributed by atoms with E-state index in [0.29, 0.717) is 20.4 Å². The predicted molar refractivity (Wildman–Crippen MR) is 122 cm³/mol. The van der Waals surface area contributed by atoms with Crippen molar-refractivity contribution in [1.29, 1.82) is 0 Å². The Hall–Kier alpha value is -2.66. The summed E-state index contributed by atoms with van der Waals surface area (Å²) in [5.41, 5.74) is 2.52. The topological polar surface area (TPSA) is 49.9 Å². The van der Waals surface area contributed by atoms with Crippen molar-refractivity contribution >= 4 is 57.3 Å². The van der Waals surface area contributed by atoms with Gasteiger partial charge in [0, 0.05) is 20.8 Å². The fourth-order valence-corrected chi connectivity index (χ4v) is 4.57. The maximum atomic E-state index is 13.1. The number of aryl methyl sites for hydroxylation is 1. The average Bonchev–Trinajstić information content (AvgIpc) is 3.12. The molecular formula is C23H15Cl2NO2S. The quantitative estimate of drug-likeness (QED) is 0.281. The Bertz CT molecular complexity index is 1320. The summed E-state index contributed by atoms with van der Waals surface area (Å²) in [6.45, 7) is 1.88. The van der Waals surface area contributed by atoms with Crippen molar-refractivity contribution in [3.05, 3.63) is 96.4 Å². The number of ketones is 1. The van der Waals surface area contributed by atoms with Crippen molar-refractivity contribution in [3.63, 3.8) is 0 Å². The van der Waals surface area contributed by atoms with Crippen molar-refractivity contribution in [2.75, 3.05) is 0 Å². The van der Waals surface area contributed by atoms with Crippen molar-refractivity contribution in [3.8, 4) is 11.1 Å². The van der Waals surface area contributed by atoms with Gasteiger partial charge in [-0.1, -0.05) is 53.5 Å². The van der Waals surface area contributed by atoms with E-state index in [4.69, 9.17) is 23.2 Å². The highest BCUT2D eigenvalue weighted by atomic mass is 35.5. The second kappa shape index (κ2) is 7.99. The lowest BCUT2D eigenvalue weighted by Crippen LogP contribution is -2.19. The minimum absolute atomic E-state index is 0.0873. The van der Waals surface area contributed by atoms with Crippen LogP contribution in [0.2, 0.25) is 9.36 Å². The van der Waals surface area contributed by atoms with Crippen LogP contribution >= 0.6 is 34.5 Å². The maximum absolute atomic E-state index is 13.1. The molecule has 2 aromatic heterocycles. The highest BCUT2D eigenvalue weighted by Gasteiger charge is 2.20. The fraction of sp³-hybridized carbons (Fsp3) is 0.0435. The number of carbonyl (C=O) groups is 1. The van der Waals surface area contributed by atoms with Crippen molar-refractivity contribution in [2.45, 2.75) is 6.92 Å². The molecule has 6 heteroatoms. The lowest BCUT2D eigenvalue weighted by molar-refractivity contribution is 0.104. The minimum Gasteiger partial charge on any atom is -0.321 e. The van der Waals surface area contributed by atoms with Crippen LogP contribution in [0.3, 0.4) is 0 Å². The third kappa shape index (κ3) is 3.92. The number of hydrogen-bond acceptors (Lipinski definition) is 3. The SMILES string of the molecule is Cc1cc(Cl)cc2c(-c3ccccc3)c(C(=O)/C=C/c3ccc(Cl)s3)c(=O)[nH]c12. The molecule has 2 aromatic carbocycles. The molecule has 4 rings (SSSR count). The number of rotatable bonds is 4. The number of hydrogen-bond donors (Lipinski definition) is 1. The molecule has 3 nitrogen and oxygen atoms in total. The third-order valence-electron chi connectivity index (χ3n) is 4.59. The van der Waals surface area contributed by atoms with E-state index in [-0.39, 0.29) is 11.3 Å². The molecule has 0 spiro atoms. The Labute approximate surface area is 181 Å². The van der Waals surface area contributed by atoms with Gasteiger partial charge in [-0.15, -0.1) is 11.3 Å². The Kier molecular flexibility index (Phi) is 5.41. The lowest BCUT2D eigenvalue weighted by Gasteiger charge is -2.13. The van der Waals surface area contributed by atoms with Gasteiger partial charge in [-0.05, 0) is 54.5 Å². The highest BCUT2D eigenvalue weighted by Crippen LogP contribution is 2.33. The molecule has 2 heterocycles. The number of allylic oxidation sites excluding steroid dienone is 1. The van der Waals surface area contributed by atoms with Crippen LogP contribution in [0.15, 0.2) is 65.5 Å². The number of nitrogens with one attached hydrogen (secondary N) is 1. The van der Waals surface area contributed by atoms with Gasteiger partial charge in [-0.3, -0.25) is 9.59 Å². The van der Waals surface area contributed by atoms with Crippen molar-refractivity contribution < 1.29 is 4.79 Å². The Balaban J connectivity index is 1.98. The monoisotopic (exact) mass is 439 g/mol. The summed E-state index contributed by atoms with van der Waals surface area (Å²) in [4.78, 5) is 29.7. The van der Waals surface area contributed by atoms with Gasteiger partial charge in [-0.2, -0.15) is 0 Å². The Morgan fingerprint density at radius 3 is 2.52 bits per heavy atom. The maximum Gasteiger partial charge on any atom is 0.260 e. The van der Waals surface area contributed by atoms with Crippen molar-refractivity contribution in [1.82, 2.24) is 4.98 Å². The fourth-order valence-electron chi connectivity index (χ4n) is 3.33. The number of pyridine rings is 1. The molecule has 0 atom stereocenters. The van der Waals surface area contributed by atoms with Crippen LogP contribution in [0, 0.1) is 6.92 Å². The van der Waals surface area contributed by atoms with Crippen molar-refractivity contribution in [2.24, 2.45) is 0 Å². The van der Waals surface area contributed by atoms with E-state index in [1.165, 1.54) is 17.4 Å². The molecule has 0 radical (unpaired) electrons. The molecule has 0 aliphatic heterocycles. The van der Waals surface area contributed by atoms with Crippen LogP contribution in [-0.2, 0) is 0 Å². The molecule has 4 aromatic rings. The normalized spacial score (nSPS) is 11.4. The molecule has 0 unspecified atom stereocenters. The van der Waals surface area contributed by atoms with Crippen LogP contribution in [0.5, 0.6) is 0 Å². The zero-order valence-corrected chi connectivity index (χ0v) is 17.7. The molecule has 1 N–H and O–H groups in total. The molecule has 0 fully saturated rings. The van der Waals surface area contributed by atoms with Crippen LogP contribution in [0.1, 0.15) is 20.8 Å². The van der Waals surface area contributed by atoms with Gasteiger partial charge in [0.2, 0.25) is 0 Å². The summed E-state index contributed by atoms with van der Waals surface area (Å²) in [6.07, 6.45) is 3.07. The second-order valence-electron chi connectivity index (χ2n) is 6.55. The van der Waals surface area contributed by atoms with E-state index in [2.05, 4.69) is 4.98 Å². The number of thiophene rings is 1. The molecule has 0 saturated heterocycles. The van der Waals surface area contributed by atoms with E-state index in [9.17, 15) is 9.59 Å². The first-order valence-corrected chi connectivity index (χ1v) is 10.4. The second-order valence-corrected chi connectivity index (χ2v) is 8.74. The van der Waals surface area contributed by atoms with E-state index in [1.807, 2.05) is 43.3 Å². The number of fused-ring (bicyclic) bond motifs is 1. The molecule has 29 heavy (non-hydrogen) atoms. The first kappa shape index (κ1) is 19.6. The average molecular weight is 440 g/mol. The van der Waals surface area contributed by atoms with Gasteiger partial charge in [0.1, 0.15) is 0 Å². The predicted octanol–water partition coefficient (Wildman–Crippen LogP) is 6.77. The lowest BCUT2D eigenvalue weighted by atomic mass is 9.93. The first-order valence-electron chi connectivity index (χ1n) is 8.83. The Morgan fingerprint density at radius 1 is 1.07 bits per heavy atom. The number of halogens is 2. The minimum atomic E-state index is -0.430. The summed E-state index contributed by atoms with van der Waals surface area (Å²) in [6, 6.07) is 16.5. The van der Waals surface area contributed by atoms with Gasteiger partial charge in [0.15, 0.2) is 5.78 Å². The summed E-state index contributed by atoms with van der Waals surface area (Å²) < 4.78 is 0.635. The molecule has 0 bridgehead atoms. The van der Waals surface area contributed by atoms with Crippen LogP contribution in [-0.4, -0.2) is 10.8 Å². The van der Waals surface area contributed by atoms with E-state index in [1.54, 1.807) is 24.3 Å². The van der Waals surface area contributed by atoms with Gasteiger partial charge in [-0.25, -0.2) is 0 Å². The Morgan fingerprint density at radius 2 is 1.83 bits per heavy atom. The smallest absolute Gasteiger partial charge is 0.260 e. The summed E-state index contributed by atoms with van der Waals surface area (Å²) in [5, 5.41) is 1.28. The number of H-pyrrole nitrogens is 1.